The van der Waals surface area contributed by atoms with Crippen molar-refractivity contribution in [3.8, 4) is 0 Å². The molecule has 0 aliphatic heterocycles. The standard InChI is InChI=1S/C21H37N7O7/c1-15(2)23-9-18(32)27(5)13-21(35)26(4)12-17(31)24-10-19(33)28(6)14-20(34)25(3)11-16(30)22-7-8-29/h8,15,23H,7,9-14H2,1-6H3,(H,22,30)(H,24,31). The third kappa shape index (κ3) is 13.7. The van der Waals surface area contributed by atoms with E-state index in [-0.39, 0.29) is 51.2 Å². The number of carbonyl (C=O) groups excluding carboxylic acids is 7. The Morgan fingerprint density at radius 2 is 1.03 bits per heavy atom. The first-order chi connectivity index (χ1) is 16.3. The summed E-state index contributed by atoms with van der Waals surface area (Å²) in [5.41, 5.74) is 0. The summed E-state index contributed by atoms with van der Waals surface area (Å²) in [7, 11) is 5.63. The highest BCUT2D eigenvalue weighted by Crippen LogP contribution is 1.93. The maximum Gasteiger partial charge on any atom is 0.242 e. The summed E-state index contributed by atoms with van der Waals surface area (Å²) in [5, 5.41) is 7.64. The van der Waals surface area contributed by atoms with Gasteiger partial charge in [-0.3, -0.25) is 28.8 Å². The Morgan fingerprint density at radius 3 is 1.46 bits per heavy atom. The second-order valence-corrected chi connectivity index (χ2v) is 8.28. The van der Waals surface area contributed by atoms with Gasteiger partial charge in [-0.25, -0.2) is 0 Å². The monoisotopic (exact) mass is 499 g/mol. The summed E-state index contributed by atoms with van der Waals surface area (Å²) >= 11 is 0. The highest BCUT2D eigenvalue weighted by molar-refractivity contribution is 5.92. The first kappa shape index (κ1) is 31.4. The Balaban J connectivity index is 4.43. The molecule has 0 atom stereocenters. The van der Waals surface area contributed by atoms with Crippen molar-refractivity contribution in [1.82, 2.24) is 35.6 Å². The minimum Gasteiger partial charge on any atom is -0.348 e. The second-order valence-electron chi connectivity index (χ2n) is 8.28. The number of likely N-dealkylation sites (N-methyl/N-ethyl adjacent to an activating group) is 4. The molecule has 14 nitrogen and oxygen atoms in total. The SMILES string of the molecule is CC(C)NCC(=O)N(C)CC(=O)N(C)CC(=O)NCC(=O)N(C)CC(=O)N(C)CC(=O)NCC=O. The Labute approximate surface area is 205 Å². The molecule has 3 N–H and O–H groups in total. The van der Waals surface area contributed by atoms with Crippen LogP contribution in [0.15, 0.2) is 0 Å². The minimum atomic E-state index is -0.589. The smallest absolute Gasteiger partial charge is 0.242 e. The summed E-state index contributed by atoms with van der Waals surface area (Å²) in [6.45, 7) is 2.20. The van der Waals surface area contributed by atoms with E-state index in [0.29, 0.717) is 6.29 Å². The Morgan fingerprint density at radius 1 is 0.629 bits per heavy atom. The maximum atomic E-state index is 12.3. The lowest BCUT2D eigenvalue weighted by Crippen LogP contribution is -2.48. The number of nitrogens with one attached hydrogen (secondary N) is 3. The van der Waals surface area contributed by atoms with Crippen LogP contribution in [0.2, 0.25) is 0 Å². The van der Waals surface area contributed by atoms with Crippen LogP contribution in [0.4, 0.5) is 0 Å². The molecule has 0 spiro atoms. The zero-order valence-electron chi connectivity index (χ0n) is 21.3. The Kier molecular flexibility index (Phi) is 14.5. The summed E-state index contributed by atoms with van der Waals surface area (Å²) in [4.78, 5) is 87.1. The van der Waals surface area contributed by atoms with Crippen LogP contribution in [0, 0.1) is 0 Å². The van der Waals surface area contributed by atoms with E-state index in [0.717, 1.165) is 14.7 Å². The van der Waals surface area contributed by atoms with Gasteiger partial charge < -0.3 is 40.3 Å². The van der Waals surface area contributed by atoms with Crippen LogP contribution < -0.4 is 16.0 Å². The predicted molar refractivity (Wildman–Crippen MR) is 126 cm³/mol. The maximum absolute atomic E-state index is 12.3. The third-order valence-corrected chi connectivity index (χ3v) is 4.69. The molecule has 0 aromatic carbocycles. The van der Waals surface area contributed by atoms with Crippen LogP contribution in [0.25, 0.3) is 0 Å². The van der Waals surface area contributed by atoms with Gasteiger partial charge >= 0.3 is 0 Å². The predicted octanol–water partition coefficient (Wildman–Crippen LogP) is -3.75. The van der Waals surface area contributed by atoms with Crippen molar-refractivity contribution in [3.05, 3.63) is 0 Å². The van der Waals surface area contributed by atoms with Crippen LogP contribution in [0.3, 0.4) is 0 Å². The highest BCUT2D eigenvalue weighted by atomic mass is 16.2. The van der Waals surface area contributed by atoms with E-state index in [1.165, 1.54) is 33.1 Å². The van der Waals surface area contributed by atoms with Crippen LogP contribution in [-0.4, -0.2) is 141 Å². The van der Waals surface area contributed by atoms with Crippen molar-refractivity contribution in [2.45, 2.75) is 19.9 Å². The van der Waals surface area contributed by atoms with Crippen molar-refractivity contribution in [3.63, 3.8) is 0 Å². The molecule has 198 valence electrons. The molecule has 0 aliphatic rings. The Hall–Kier alpha value is -3.55. The van der Waals surface area contributed by atoms with Crippen molar-refractivity contribution in [1.29, 1.82) is 0 Å². The topological polar surface area (TPSA) is 169 Å². The summed E-state index contributed by atoms with van der Waals surface area (Å²) in [6.07, 6.45) is 0.514. The van der Waals surface area contributed by atoms with Gasteiger partial charge in [0.2, 0.25) is 35.4 Å². The molecule has 0 rings (SSSR count). The van der Waals surface area contributed by atoms with E-state index in [4.69, 9.17) is 0 Å². The zero-order chi connectivity index (χ0) is 27.1. The average molecular weight is 500 g/mol. The van der Waals surface area contributed by atoms with Gasteiger partial charge in [0, 0.05) is 34.2 Å². The van der Waals surface area contributed by atoms with Gasteiger partial charge in [-0.2, -0.15) is 0 Å². The second kappa shape index (κ2) is 16.1. The van der Waals surface area contributed by atoms with Crippen molar-refractivity contribution in [2.75, 3.05) is 74.0 Å². The largest absolute Gasteiger partial charge is 0.348 e. The molecular formula is C21H37N7O7. The molecule has 0 heterocycles. The number of hydrogen-bond acceptors (Lipinski definition) is 8. The van der Waals surface area contributed by atoms with Crippen LogP contribution in [-0.2, 0) is 33.6 Å². The summed E-state index contributed by atoms with van der Waals surface area (Å²) in [6, 6.07) is 0.121. The molecule has 35 heavy (non-hydrogen) atoms. The van der Waals surface area contributed by atoms with E-state index < -0.39 is 36.1 Å². The van der Waals surface area contributed by atoms with Gasteiger partial charge in [-0.05, 0) is 0 Å². The normalized spacial score (nSPS) is 10.3. The fourth-order valence-corrected chi connectivity index (χ4v) is 2.43. The Bertz CT molecular complexity index is 788. The van der Waals surface area contributed by atoms with Gasteiger partial charge in [0.25, 0.3) is 0 Å². The van der Waals surface area contributed by atoms with Crippen LogP contribution in [0.1, 0.15) is 13.8 Å². The molecule has 0 saturated heterocycles. The van der Waals surface area contributed by atoms with Crippen molar-refractivity contribution >= 4 is 41.7 Å². The first-order valence-electron chi connectivity index (χ1n) is 10.9. The van der Waals surface area contributed by atoms with Crippen LogP contribution >= 0.6 is 0 Å². The molecule has 6 amide bonds. The van der Waals surface area contributed by atoms with E-state index in [2.05, 4.69) is 16.0 Å². The average Bonchev–Trinajstić information content (AvgIpc) is 2.78. The lowest BCUT2D eigenvalue weighted by Gasteiger charge is -2.23. The third-order valence-electron chi connectivity index (χ3n) is 4.69. The van der Waals surface area contributed by atoms with Gasteiger partial charge in [0.05, 0.1) is 45.8 Å². The number of hydrogen-bond donors (Lipinski definition) is 3. The molecule has 0 aromatic rings. The number of nitrogens with zero attached hydrogens (tertiary/aromatic N) is 4. The van der Waals surface area contributed by atoms with Crippen LogP contribution in [0.5, 0.6) is 0 Å². The van der Waals surface area contributed by atoms with Crippen molar-refractivity contribution in [2.24, 2.45) is 0 Å². The molecule has 14 heteroatoms. The first-order valence-corrected chi connectivity index (χ1v) is 10.9. The lowest BCUT2D eigenvalue weighted by molar-refractivity contribution is -0.141. The quantitative estimate of drug-likeness (QED) is 0.193. The highest BCUT2D eigenvalue weighted by Gasteiger charge is 2.20. The van der Waals surface area contributed by atoms with E-state index in [1.807, 2.05) is 13.8 Å². The molecule has 0 saturated carbocycles. The van der Waals surface area contributed by atoms with E-state index >= 15 is 0 Å². The molecule has 0 aromatic heterocycles. The number of amides is 6. The van der Waals surface area contributed by atoms with E-state index in [1.54, 1.807) is 0 Å². The molecule has 0 unspecified atom stereocenters. The number of rotatable bonds is 15. The summed E-state index contributed by atoms with van der Waals surface area (Å²) < 4.78 is 0. The van der Waals surface area contributed by atoms with Gasteiger partial charge in [-0.1, -0.05) is 13.8 Å². The fraction of sp³-hybridized carbons (Fsp3) is 0.667. The number of aldehydes is 1. The van der Waals surface area contributed by atoms with E-state index in [9.17, 15) is 33.6 Å². The molecule has 0 radical (unpaired) electrons. The molecule has 0 fully saturated rings. The molecule has 0 bridgehead atoms. The van der Waals surface area contributed by atoms with Gasteiger partial charge in [-0.15, -0.1) is 0 Å². The molecular weight excluding hydrogens is 462 g/mol. The van der Waals surface area contributed by atoms with Crippen molar-refractivity contribution < 1.29 is 33.6 Å². The fourth-order valence-electron chi connectivity index (χ4n) is 2.43. The number of carbonyl (C=O) groups is 7. The summed E-state index contributed by atoms with van der Waals surface area (Å²) in [5.74, 6) is -2.89. The zero-order valence-corrected chi connectivity index (χ0v) is 21.3. The minimum absolute atomic E-state index is 0.0902. The molecule has 0 aliphatic carbocycles. The lowest BCUT2D eigenvalue weighted by atomic mass is 10.3. The van der Waals surface area contributed by atoms with Gasteiger partial charge in [0.15, 0.2) is 0 Å². The van der Waals surface area contributed by atoms with Gasteiger partial charge in [0.1, 0.15) is 6.29 Å².